The van der Waals surface area contributed by atoms with Gasteiger partial charge < -0.3 is 10.1 Å². The predicted octanol–water partition coefficient (Wildman–Crippen LogP) is 0.126. The van der Waals surface area contributed by atoms with Gasteiger partial charge in [0.15, 0.2) is 0 Å². The molecule has 0 bridgehead atoms. The van der Waals surface area contributed by atoms with Crippen LogP contribution < -0.4 is 5.32 Å². The number of rotatable bonds is 3. The third kappa shape index (κ3) is 1.93. The van der Waals surface area contributed by atoms with Gasteiger partial charge in [0.1, 0.15) is 0 Å². The lowest BCUT2D eigenvalue weighted by molar-refractivity contribution is 0.0810. The summed E-state index contributed by atoms with van der Waals surface area (Å²) in [7, 11) is 0. The van der Waals surface area contributed by atoms with Crippen LogP contribution in [0.4, 0.5) is 0 Å². The molecular formula is C9H15N4O. The van der Waals surface area contributed by atoms with E-state index < -0.39 is 0 Å². The van der Waals surface area contributed by atoms with Gasteiger partial charge in [0.2, 0.25) is 0 Å². The SMILES string of the molecule is CC[C](c1c[nH]nn1)C1COCCN1. The first-order valence-electron chi connectivity index (χ1n) is 4.95. The molecular weight excluding hydrogens is 180 g/mol. The van der Waals surface area contributed by atoms with E-state index in [1.54, 1.807) is 0 Å². The minimum atomic E-state index is 0.291. The molecule has 0 aromatic carbocycles. The van der Waals surface area contributed by atoms with Crippen LogP contribution in [0.25, 0.3) is 0 Å². The van der Waals surface area contributed by atoms with Crippen LogP contribution in [0.5, 0.6) is 0 Å². The Morgan fingerprint density at radius 2 is 2.64 bits per heavy atom. The maximum atomic E-state index is 5.42. The Labute approximate surface area is 83.2 Å². The fourth-order valence-corrected chi connectivity index (χ4v) is 1.75. The molecule has 77 valence electrons. The molecule has 1 fully saturated rings. The zero-order valence-electron chi connectivity index (χ0n) is 8.29. The lowest BCUT2D eigenvalue weighted by atomic mass is 9.94. The first-order chi connectivity index (χ1) is 6.92. The van der Waals surface area contributed by atoms with Crippen molar-refractivity contribution < 1.29 is 4.74 Å². The van der Waals surface area contributed by atoms with Gasteiger partial charge >= 0.3 is 0 Å². The molecule has 1 aromatic rings. The van der Waals surface area contributed by atoms with Crippen LogP contribution >= 0.6 is 0 Å². The number of aromatic nitrogens is 3. The summed E-state index contributed by atoms with van der Waals surface area (Å²) in [6, 6.07) is 0.291. The highest BCUT2D eigenvalue weighted by atomic mass is 16.5. The normalized spacial score (nSPS) is 22.9. The minimum Gasteiger partial charge on any atom is -0.378 e. The molecule has 0 saturated carbocycles. The average Bonchev–Trinajstić information content (AvgIpc) is 2.74. The molecule has 5 nitrogen and oxygen atoms in total. The third-order valence-electron chi connectivity index (χ3n) is 2.47. The van der Waals surface area contributed by atoms with Crippen molar-refractivity contribution in [3.05, 3.63) is 17.8 Å². The van der Waals surface area contributed by atoms with Gasteiger partial charge in [-0.15, -0.1) is 5.10 Å². The van der Waals surface area contributed by atoms with E-state index in [0.717, 1.165) is 31.9 Å². The lowest BCUT2D eigenvalue weighted by Crippen LogP contribution is -2.45. The van der Waals surface area contributed by atoms with Crippen molar-refractivity contribution in [3.63, 3.8) is 0 Å². The zero-order valence-corrected chi connectivity index (χ0v) is 8.29. The first-order valence-corrected chi connectivity index (χ1v) is 4.95. The standard InChI is InChI=1S/C9H15N4O/c1-2-7(8-5-11-13-12-8)9-6-14-4-3-10-9/h5,9-10H,2-4,6H2,1H3,(H,11,12,13). The van der Waals surface area contributed by atoms with E-state index >= 15 is 0 Å². The smallest absolute Gasteiger partial charge is 0.0912 e. The molecule has 1 radical (unpaired) electrons. The highest BCUT2D eigenvalue weighted by Crippen LogP contribution is 2.20. The van der Waals surface area contributed by atoms with Gasteiger partial charge in [-0.05, 0) is 6.42 Å². The van der Waals surface area contributed by atoms with Gasteiger partial charge in [-0.3, -0.25) is 5.10 Å². The van der Waals surface area contributed by atoms with Gasteiger partial charge in [-0.1, -0.05) is 12.1 Å². The number of aromatic amines is 1. The highest BCUT2D eigenvalue weighted by Gasteiger charge is 2.26. The average molecular weight is 195 g/mol. The summed E-state index contributed by atoms with van der Waals surface area (Å²) in [5.41, 5.74) is 0.940. The van der Waals surface area contributed by atoms with Crippen LogP contribution in [0.2, 0.25) is 0 Å². The van der Waals surface area contributed by atoms with Crippen molar-refractivity contribution in [2.75, 3.05) is 19.8 Å². The molecule has 2 rings (SSSR count). The van der Waals surface area contributed by atoms with Crippen molar-refractivity contribution in [1.82, 2.24) is 20.7 Å². The summed E-state index contributed by atoms with van der Waals surface area (Å²) < 4.78 is 5.42. The molecule has 1 saturated heterocycles. The Morgan fingerprint density at radius 3 is 3.21 bits per heavy atom. The van der Waals surface area contributed by atoms with E-state index in [0.29, 0.717) is 6.04 Å². The number of hydrogen-bond donors (Lipinski definition) is 2. The number of morpholine rings is 1. The van der Waals surface area contributed by atoms with Crippen LogP contribution in [0.15, 0.2) is 6.20 Å². The van der Waals surface area contributed by atoms with Crippen molar-refractivity contribution >= 4 is 0 Å². The number of hydrogen-bond acceptors (Lipinski definition) is 4. The van der Waals surface area contributed by atoms with E-state index in [4.69, 9.17) is 4.74 Å². The van der Waals surface area contributed by atoms with E-state index in [1.165, 1.54) is 5.92 Å². The zero-order chi connectivity index (χ0) is 9.80. The third-order valence-corrected chi connectivity index (χ3v) is 2.47. The Balaban J connectivity index is 2.04. The van der Waals surface area contributed by atoms with Gasteiger partial charge in [-0.2, -0.15) is 0 Å². The van der Waals surface area contributed by atoms with Crippen LogP contribution in [-0.4, -0.2) is 41.2 Å². The Hall–Kier alpha value is -0.940. The summed E-state index contributed by atoms with van der Waals surface area (Å²) in [4.78, 5) is 0. The lowest BCUT2D eigenvalue weighted by Gasteiger charge is -2.28. The Kier molecular flexibility index (Phi) is 3.10. The van der Waals surface area contributed by atoms with Gasteiger partial charge in [0, 0.05) is 24.7 Å². The molecule has 0 aliphatic carbocycles. The molecule has 1 aliphatic rings. The van der Waals surface area contributed by atoms with Crippen molar-refractivity contribution in [1.29, 1.82) is 0 Å². The maximum Gasteiger partial charge on any atom is 0.0912 e. The van der Waals surface area contributed by atoms with Crippen LogP contribution in [0.1, 0.15) is 19.0 Å². The van der Waals surface area contributed by atoms with Gasteiger partial charge in [0.05, 0.1) is 18.9 Å². The molecule has 2 N–H and O–H groups in total. The van der Waals surface area contributed by atoms with Crippen molar-refractivity contribution in [2.24, 2.45) is 0 Å². The van der Waals surface area contributed by atoms with Gasteiger partial charge in [0.25, 0.3) is 0 Å². The second-order valence-electron chi connectivity index (χ2n) is 3.32. The second-order valence-corrected chi connectivity index (χ2v) is 3.32. The molecule has 1 aliphatic heterocycles. The molecule has 0 amide bonds. The largest absolute Gasteiger partial charge is 0.378 e. The Morgan fingerprint density at radius 1 is 1.71 bits per heavy atom. The highest BCUT2D eigenvalue weighted by molar-refractivity contribution is 5.23. The maximum absolute atomic E-state index is 5.42. The number of nitrogens with zero attached hydrogens (tertiary/aromatic N) is 2. The summed E-state index contributed by atoms with van der Waals surface area (Å²) >= 11 is 0. The quantitative estimate of drug-likeness (QED) is 0.719. The number of nitrogens with one attached hydrogen (secondary N) is 2. The van der Waals surface area contributed by atoms with E-state index in [2.05, 4.69) is 27.7 Å². The predicted molar refractivity (Wildman–Crippen MR) is 51.6 cm³/mol. The molecule has 1 atom stereocenters. The van der Waals surface area contributed by atoms with Crippen molar-refractivity contribution in [2.45, 2.75) is 19.4 Å². The minimum absolute atomic E-state index is 0.291. The second kappa shape index (κ2) is 4.52. The molecule has 1 unspecified atom stereocenters. The molecule has 14 heavy (non-hydrogen) atoms. The van der Waals surface area contributed by atoms with Crippen molar-refractivity contribution in [3.8, 4) is 0 Å². The summed E-state index contributed by atoms with van der Waals surface area (Å²) in [5.74, 6) is 1.26. The molecule has 2 heterocycles. The van der Waals surface area contributed by atoms with E-state index in [-0.39, 0.29) is 0 Å². The van der Waals surface area contributed by atoms with Crippen LogP contribution in [0, 0.1) is 5.92 Å². The van der Waals surface area contributed by atoms with Gasteiger partial charge in [-0.25, -0.2) is 0 Å². The van der Waals surface area contributed by atoms with E-state index in [1.807, 2.05) is 6.20 Å². The fourth-order valence-electron chi connectivity index (χ4n) is 1.75. The summed E-state index contributed by atoms with van der Waals surface area (Å²) in [5, 5.41) is 13.9. The topological polar surface area (TPSA) is 62.8 Å². The van der Waals surface area contributed by atoms with Crippen LogP contribution in [0.3, 0.4) is 0 Å². The Bertz CT molecular complexity index is 256. The summed E-state index contributed by atoms with van der Waals surface area (Å²) in [6.45, 7) is 4.56. The fraction of sp³-hybridized carbons (Fsp3) is 0.667. The molecule has 5 heteroatoms. The number of H-pyrrole nitrogens is 1. The first kappa shape index (κ1) is 9.61. The van der Waals surface area contributed by atoms with Crippen LogP contribution in [-0.2, 0) is 4.74 Å². The molecule has 1 aromatic heterocycles. The number of ether oxygens (including phenoxy) is 1. The molecule has 0 spiro atoms. The summed E-state index contributed by atoms with van der Waals surface area (Å²) in [6.07, 6.45) is 2.79. The van der Waals surface area contributed by atoms with E-state index in [9.17, 15) is 0 Å². The monoisotopic (exact) mass is 195 g/mol.